The molecule has 0 saturated carbocycles. The van der Waals surface area contributed by atoms with Crippen molar-refractivity contribution in [2.24, 2.45) is 0 Å². The van der Waals surface area contributed by atoms with Crippen LogP contribution in [-0.4, -0.2) is 34.5 Å². The van der Waals surface area contributed by atoms with Gasteiger partial charge in [0.1, 0.15) is 5.82 Å². The summed E-state index contributed by atoms with van der Waals surface area (Å²) in [6.45, 7) is 4.22. The fourth-order valence-corrected chi connectivity index (χ4v) is 4.44. The molecule has 4 aromatic rings. The molecule has 28 heavy (non-hydrogen) atoms. The lowest BCUT2D eigenvalue weighted by Crippen LogP contribution is -2.25. The zero-order chi connectivity index (χ0) is 19.7. The van der Waals surface area contributed by atoms with Crippen LogP contribution in [0, 0.1) is 13.8 Å². The quantitative estimate of drug-likeness (QED) is 0.507. The average molecular weight is 395 g/mol. The molecule has 4 rings (SSSR count). The van der Waals surface area contributed by atoms with E-state index in [1.54, 1.807) is 12.1 Å². The van der Waals surface area contributed by atoms with E-state index in [4.69, 9.17) is 0 Å². The maximum atomic E-state index is 12.6. The molecule has 0 spiro atoms. The minimum Gasteiger partial charge on any atom is -0.268 e. The monoisotopic (exact) mass is 395 g/mol. The van der Waals surface area contributed by atoms with Gasteiger partial charge >= 0.3 is 0 Å². The molecule has 0 fully saturated rings. The van der Waals surface area contributed by atoms with Gasteiger partial charge in [-0.2, -0.15) is 0 Å². The molecule has 0 radical (unpaired) electrons. The third-order valence-corrected chi connectivity index (χ3v) is 6.12. The van der Waals surface area contributed by atoms with Gasteiger partial charge in [-0.05, 0) is 49.2 Å². The van der Waals surface area contributed by atoms with Crippen molar-refractivity contribution in [2.45, 2.75) is 31.6 Å². The summed E-state index contributed by atoms with van der Waals surface area (Å²) < 4.78 is 29.8. The van der Waals surface area contributed by atoms with Crippen LogP contribution in [0.5, 0.6) is 0 Å². The molecule has 0 aliphatic heterocycles. The zero-order valence-corrected chi connectivity index (χ0v) is 16.6. The van der Waals surface area contributed by atoms with E-state index >= 15 is 0 Å². The van der Waals surface area contributed by atoms with Gasteiger partial charge in [0.15, 0.2) is 0 Å². The molecule has 0 amide bonds. The summed E-state index contributed by atoms with van der Waals surface area (Å²) in [7, 11) is -3.55. The maximum Gasteiger partial charge on any atom is 0.255 e. The number of nitrogens with zero attached hydrogens (tertiary/aromatic N) is 4. The first-order valence-electron chi connectivity index (χ1n) is 9.11. The first kappa shape index (κ1) is 18.5. The zero-order valence-electron chi connectivity index (χ0n) is 15.8. The van der Waals surface area contributed by atoms with Gasteiger partial charge in [-0.1, -0.05) is 30.3 Å². The smallest absolute Gasteiger partial charge is 0.255 e. The third-order valence-electron chi connectivity index (χ3n) is 4.66. The fourth-order valence-electron chi connectivity index (χ4n) is 3.33. The van der Waals surface area contributed by atoms with Crippen LogP contribution < -0.4 is 4.72 Å². The summed E-state index contributed by atoms with van der Waals surface area (Å²) in [6.07, 6.45) is 1.22. The van der Waals surface area contributed by atoms with Crippen LogP contribution in [0.15, 0.2) is 53.4 Å². The van der Waals surface area contributed by atoms with Crippen molar-refractivity contribution in [3.8, 4) is 0 Å². The van der Waals surface area contributed by atoms with Gasteiger partial charge in [0.2, 0.25) is 10.0 Å². The number of sulfonamides is 1. The summed E-state index contributed by atoms with van der Waals surface area (Å²) in [5.41, 5.74) is 1.91. The summed E-state index contributed by atoms with van der Waals surface area (Å²) in [5, 5.41) is 10.2. The molecule has 2 aromatic carbocycles. The van der Waals surface area contributed by atoms with Gasteiger partial charge in [-0.15, -0.1) is 10.2 Å². The van der Waals surface area contributed by atoms with E-state index in [9.17, 15) is 8.42 Å². The molecule has 0 unspecified atom stereocenters. The van der Waals surface area contributed by atoms with Crippen molar-refractivity contribution in [3.63, 3.8) is 0 Å². The Morgan fingerprint density at radius 3 is 2.61 bits per heavy atom. The summed E-state index contributed by atoms with van der Waals surface area (Å²) in [6, 6.07) is 14.8. The highest BCUT2D eigenvalue weighted by Gasteiger charge is 2.14. The van der Waals surface area contributed by atoms with Gasteiger partial charge in [-0.3, -0.25) is 4.40 Å². The van der Waals surface area contributed by atoms with Gasteiger partial charge in [0.25, 0.3) is 5.78 Å². The van der Waals surface area contributed by atoms with Gasteiger partial charge in [-0.25, -0.2) is 18.1 Å². The lowest BCUT2D eigenvalue weighted by molar-refractivity contribution is 0.578. The van der Waals surface area contributed by atoms with E-state index in [-0.39, 0.29) is 4.90 Å². The highest BCUT2D eigenvalue weighted by Crippen LogP contribution is 2.19. The molecule has 2 heterocycles. The number of rotatable bonds is 6. The number of fused-ring (bicyclic) bond motifs is 2. The Labute approximate surface area is 163 Å². The van der Waals surface area contributed by atoms with Crippen molar-refractivity contribution < 1.29 is 8.42 Å². The van der Waals surface area contributed by atoms with E-state index < -0.39 is 10.0 Å². The molecule has 144 valence electrons. The normalized spacial score (nSPS) is 12.1. The Morgan fingerprint density at radius 1 is 1.00 bits per heavy atom. The van der Waals surface area contributed by atoms with Crippen LogP contribution in [0.3, 0.4) is 0 Å². The molecule has 0 saturated heterocycles. The fraction of sp³-hybridized carbons (Fsp3) is 0.250. The molecule has 2 aromatic heterocycles. The van der Waals surface area contributed by atoms with Crippen molar-refractivity contribution in [3.05, 3.63) is 65.7 Å². The molecule has 0 bridgehead atoms. The number of aromatic nitrogens is 4. The van der Waals surface area contributed by atoms with Crippen LogP contribution in [0.4, 0.5) is 0 Å². The minimum atomic E-state index is -3.55. The molecular formula is C20H21N5O2S. The summed E-state index contributed by atoms with van der Waals surface area (Å²) in [5.74, 6) is 1.36. The number of aryl methyl sites for hydroxylation is 3. The van der Waals surface area contributed by atoms with Crippen molar-refractivity contribution >= 4 is 26.6 Å². The second kappa shape index (κ2) is 7.29. The molecule has 7 nitrogen and oxygen atoms in total. The molecule has 0 aliphatic rings. The molecule has 8 heteroatoms. The van der Waals surface area contributed by atoms with E-state index in [0.717, 1.165) is 28.0 Å². The Balaban J connectivity index is 1.43. The van der Waals surface area contributed by atoms with Crippen LogP contribution in [0.1, 0.15) is 23.6 Å². The molecule has 0 aliphatic carbocycles. The van der Waals surface area contributed by atoms with E-state index in [0.29, 0.717) is 25.2 Å². The summed E-state index contributed by atoms with van der Waals surface area (Å²) >= 11 is 0. The Hall–Kier alpha value is -2.84. The Bertz CT molecular complexity index is 1260. The minimum absolute atomic E-state index is 0.273. The van der Waals surface area contributed by atoms with E-state index in [1.807, 2.05) is 54.6 Å². The Morgan fingerprint density at radius 2 is 1.79 bits per heavy atom. The topological polar surface area (TPSA) is 89.2 Å². The van der Waals surface area contributed by atoms with Gasteiger partial charge < -0.3 is 0 Å². The molecule has 1 N–H and O–H groups in total. The number of nitrogens with one attached hydrogen (secondary N) is 1. The SMILES string of the molecule is Cc1cc(C)n2c(CCCNS(=O)(=O)c3ccc4ccccc4c3)nnc2n1. The third kappa shape index (κ3) is 3.61. The second-order valence-electron chi connectivity index (χ2n) is 6.80. The molecule has 0 atom stereocenters. The maximum absolute atomic E-state index is 12.6. The highest BCUT2D eigenvalue weighted by molar-refractivity contribution is 7.89. The van der Waals surface area contributed by atoms with Crippen LogP contribution in [0.25, 0.3) is 16.6 Å². The van der Waals surface area contributed by atoms with Crippen molar-refractivity contribution in [1.29, 1.82) is 0 Å². The second-order valence-corrected chi connectivity index (χ2v) is 8.57. The Kier molecular flexibility index (Phi) is 4.82. The predicted molar refractivity (Wildman–Crippen MR) is 108 cm³/mol. The lowest BCUT2D eigenvalue weighted by Gasteiger charge is -2.08. The van der Waals surface area contributed by atoms with Crippen molar-refractivity contribution in [2.75, 3.05) is 6.54 Å². The van der Waals surface area contributed by atoms with Crippen LogP contribution >= 0.6 is 0 Å². The van der Waals surface area contributed by atoms with Crippen LogP contribution in [-0.2, 0) is 16.4 Å². The van der Waals surface area contributed by atoms with Crippen molar-refractivity contribution in [1.82, 2.24) is 24.3 Å². The first-order chi connectivity index (χ1) is 13.4. The molecular weight excluding hydrogens is 374 g/mol. The van der Waals surface area contributed by atoms with Gasteiger partial charge in [0, 0.05) is 24.4 Å². The van der Waals surface area contributed by atoms with E-state index in [2.05, 4.69) is 19.9 Å². The predicted octanol–water partition coefficient (Wildman–Crippen LogP) is 2.81. The highest BCUT2D eigenvalue weighted by atomic mass is 32.2. The number of hydrogen-bond donors (Lipinski definition) is 1. The first-order valence-corrected chi connectivity index (χ1v) is 10.6. The van der Waals surface area contributed by atoms with Gasteiger partial charge in [0.05, 0.1) is 4.90 Å². The average Bonchev–Trinajstić information content (AvgIpc) is 3.08. The van der Waals surface area contributed by atoms with Crippen LogP contribution in [0.2, 0.25) is 0 Å². The summed E-state index contributed by atoms with van der Waals surface area (Å²) in [4.78, 5) is 4.64. The standard InChI is InChI=1S/C20H21N5O2S/c1-14-12-15(2)25-19(23-24-20(25)22-14)8-5-11-21-28(26,27)18-10-9-16-6-3-4-7-17(16)13-18/h3-4,6-7,9-10,12-13,21H,5,8,11H2,1-2H3. The number of hydrogen-bond acceptors (Lipinski definition) is 5. The number of benzene rings is 2. The largest absolute Gasteiger partial charge is 0.268 e. The van der Waals surface area contributed by atoms with E-state index in [1.165, 1.54) is 0 Å². The lowest BCUT2D eigenvalue weighted by atomic mass is 10.1.